The number of ether oxygens (including phenoxy) is 1. The standard InChI is InChI=1S/C26H35N3O3/c1-19(2)14-25(30)27-23(15-20-10-6-5-7-11-20)26(31)29-16-21-12-8-9-13-24(21)32-18-22(29)17-28(3)4/h5-13,19,22-23H,14-18H2,1-4H3,(H,27,30)/t22-,23+/m1/s1. The summed E-state index contributed by atoms with van der Waals surface area (Å²) >= 11 is 0. The molecule has 32 heavy (non-hydrogen) atoms. The van der Waals surface area contributed by atoms with Crippen molar-refractivity contribution in [2.45, 2.75) is 45.3 Å². The predicted molar refractivity (Wildman–Crippen MR) is 126 cm³/mol. The van der Waals surface area contributed by atoms with Crippen molar-refractivity contribution in [1.82, 2.24) is 15.1 Å². The Labute approximate surface area is 191 Å². The molecule has 0 fully saturated rings. The van der Waals surface area contributed by atoms with Crippen molar-refractivity contribution in [2.75, 3.05) is 27.2 Å². The monoisotopic (exact) mass is 437 g/mol. The summed E-state index contributed by atoms with van der Waals surface area (Å²) in [5.74, 6) is 0.875. The van der Waals surface area contributed by atoms with Gasteiger partial charge in [-0.3, -0.25) is 9.59 Å². The summed E-state index contributed by atoms with van der Waals surface area (Å²) < 4.78 is 6.07. The fraction of sp³-hybridized carbons (Fsp3) is 0.462. The zero-order valence-electron chi connectivity index (χ0n) is 19.6. The predicted octanol–water partition coefficient (Wildman–Crippen LogP) is 3.11. The Morgan fingerprint density at radius 3 is 2.47 bits per heavy atom. The third kappa shape index (κ3) is 6.57. The van der Waals surface area contributed by atoms with Crippen LogP contribution in [-0.4, -0.2) is 60.9 Å². The third-order valence-electron chi connectivity index (χ3n) is 5.55. The summed E-state index contributed by atoms with van der Waals surface area (Å²) in [7, 11) is 3.99. The number of amides is 2. The molecule has 1 heterocycles. The van der Waals surface area contributed by atoms with Crippen molar-refractivity contribution in [2.24, 2.45) is 5.92 Å². The molecule has 6 heteroatoms. The molecule has 0 unspecified atom stereocenters. The number of fused-ring (bicyclic) bond motifs is 1. The van der Waals surface area contributed by atoms with E-state index in [-0.39, 0.29) is 23.8 Å². The summed E-state index contributed by atoms with van der Waals surface area (Å²) in [5.41, 5.74) is 2.00. The van der Waals surface area contributed by atoms with Gasteiger partial charge in [0.2, 0.25) is 11.8 Å². The van der Waals surface area contributed by atoms with E-state index in [9.17, 15) is 9.59 Å². The first kappa shape index (κ1) is 23.8. The van der Waals surface area contributed by atoms with Crippen LogP contribution in [0.1, 0.15) is 31.4 Å². The molecule has 1 aliphatic heterocycles. The number of nitrogens with one attached hydrogen (secondary N) is 1. The van der Waals surface area contributed by atoms with E-state index in [1.165, 1.54) is 0 Å². The van der Waals surface area contributed by atoms with Gasteiger partial charge >= 0.3 is 0 Å². The molecule has 3 rings (SSSR count). The molecule has 0 bridgehead atoms. The molecule has 0 radical (unpaired) electrons. The highest BCUT2D eigenvalue weighted by Crippen LogP contribution is 2.26. The Morgan fingerprint density at radius 2 is 1.78 bits per heavy atom. The number of para-hydroxylation sites is 1. The highest BCUT2D eigenvalue weighted by molar-refractivity contribution is 5.88. The van der Waals surface area contributed by atoms with E-state index in [4.69, 9.17) is 4.74 Å². The molecule has 6 nitrogen and oxygen atoms in total. The van der Waals surface area contributed by atoms with Gasteiger partial charge < -0.3 is 19.9 Å². The van der Waals surface area contributed by atoms with Crippen LogP contribution in [0, 0.1) is 5.92 Å². The van der Waals surface area contributed by atoms with Gasteiger partial charge in [-0.15, -0.1) is 0 Å². The van der Waals surface area contributed by atoms with Gasteiger partial charge in [0.1, 0.15) is 18.4 Å². The average Bonchev–Trinajstić information content (AvgIpc) is 2.92. The molecule has 0 saturated heterocycles. The van der Waals surface area contributed by atoms with Crippen molar-refractivity contribution in [3.8, 4) is 5.75 Å². The van der Waals surface area contributed by atoms with Crippen LogP contribution in [0.4, 0.5) is 0 Å². The molecular weight excluding hydrogens is 402 g/mol. The first-order chi connectivity index (χ1) is 15.3. The van der Waals surface area contributed by atoms with E-state index < -0.39 is 6.04 Å². The van der Waals surface area contributed by atoms with Crippen LogP contribution in [0.15, 0.2) is 54.6 Å². The fourth-order valence-electron chi connectivity index (χ4n) is 4.07. The summed E-state index contributed by atoms with van der Waals surface area (Å²) in [6.45, 7) is 5.56. The minimum absolute atomic E-state index is 0.0712. The first-order valence-corrected chi connectivity index (χ1v) is 11.3. The van der Waals surface area contributed by atoms with Crippen LogP contribution >= 0.6 is 0 Å². The van der Waals surface area contributed by atoms with Crippen molar-refractivity contribution < 1.29 is 14.3 Å². The van der Waals surface area contributed by atoms with Gasteiger partial charge in [0.15, 0.2) is 0 Å². The van der Waals surface area contributed by atoms with Crippen LogP contribution in [0.3, 0.4) is 0 Å². The molecule has 0 saturated carbocycles. The fourth-order valence-corrected chi connectivity index (χ4v) is 4.07. The highest BCUT2D eigenvalue weighted by Gasteiger charge is 2.34. The molecule has 1 aliphatic rings. The Bertz CT molecular complexity index is 898. The minimum atomic E-state index is -0.626. The number of hydrogen-bond acceptors (Lipinski definition) is 4. The summed E-state index contributed by atoms with van der Waals surface area (Å²) in [4.78, 5) is 30.5. The number of carbonyl (C=O) groups excluding carboxylic acids is 2. The molecule has 172 valence electrons. The van der Waals surface area contributed by atoms with E-state index in [2.05, 4.69) is 10.2 Å². The first-order valence-electron chi connectivity index (χ1n) is 11.3. The van der Waals surface area contributed by atoms with E-state index in [0.717, 1.165) is 16.9 Å². The second kappa shape index (κ2) is 11.1. The van der Waals surface area contributed by atoms with Crippen molar-refractivity contribution >= 4 is 11.8 Å². The number of hydrogen-bond donors (Lipinski definition) is 1. The zero-order chi connectivity index (χ0) is 23.1. The lowest BCUT2D eigenvalue weighted by molar-refractivity contribution is -0.139. The molecule has 2 aromatic rings. The molecule has 0 aliphatic carbocycles. The van der Waals surface area contributed by atoms with Crippen LogP contribution < -0.4 is 10.1 Å². The summed E-state index contributed by atoms with van der Waals surface area (Å²) in [6.07, 6.45) is 0.850. The molecule has 0 spiro atoms. The quantitative estimate of drug-likeness (QED) is 0.689. The van der Waals surface area contributed by atoms with Crippen LogP contribution in [0.5, 0.6) is 5.75 Å². The number of benzene rings is 2. The van der Waals surface area contributed by atoms with Crippen molar-refractivity contribution in [1.29, 1.82) is 0 Å². The van der Waals surface area contributed by atoms with Crippen LogP contribution in [-0.2, 0) is 22.6 Å². The molecule has 1 N–H and O–H groups in total. The van der Waals surface area contributed by atoms with Gasteiger partial charge in [0, 0.05) is 31.5 Å². The summed E-state index contributed by atoms with van der Waals surface area (Å²) in [6, 6.07) is 17.0. The number of carbonyl (C=O) groups is 2. The number of nitrogens with zero attached hydrogens (tertiary/aromatic N) is 2. The summed E-state index contributed by atoms with van der Waals surface area (Å²) in [5, 5.41) is 3.03. The maximum atomic E-state index is 13.9. The topological polar surface area (TPSA) is 61.9 Å². The van der Waals surface area contributed by atoms with E-state index >= 15 is 0 Å². The molecular formula is C26H35N3O3. The Hall–Kier alpha value is -2.86. The number of likely N-dealkylation sites (N-methyl/N-ethyl adjacent to an activating group) is 1. The minimum Gasteiger partial charge on any atom is -0.491 e. The lowest BCUT2D eigenvalue weighted by Crippen LogP contribution is -2.55. The second-order valence-electron chi connectivity index (χ2n) is 9.21. The van der Waals surface area contributed by atoms with Crippen molar-refractivity contribution in [3.05, 3.63) is 65.7 Å². The Balaban J connectivity index is 1.89. The molecule has 2 atom stereocenters. The van der Waals surface area contributed by atoms with Gasteiger partial charge in [-0.25, -0.2) is 0 Å². The van der Waals surface area contributed by atoms with Crippen LogP contribution in [0.25, 0.3) is 0 Å². The SMILES string of the molecule is CC(C)CC(=O)N[C@@H](Cc1ccccc1)C(=O)N1Cc2ccccc2OC[C@H]1CN(C)C. The van der Waals surface area contributed by atoms with Gasteiger partial charge in [-0.2, -0.15) is 0 Å². The maximum absolute atomic E-state index is 13.9. The van der Waals surface area contributed by atoms with E-state index in [1.807, 2.05) is 87.4 Å². The van der Waals surface area contributed by atoms with Gasteiger partial charge in [-0.05, 0) is 31.6 Å². The molecule has 2 aromatic carbocycles. The largest absolute Gasteiger partial charge is 0.491 e. The average molecular weight is 438 g/mol. The van der Waals surface area contributed by atoms with Gasteiger partial charge in [0.05, 0.1) is 6.04 Å². The van der Waals surface area contributed by atoms with E-state index in [1.54, 1.807) is 0 Å². The van der Waals surface area contributed by atoms with Gasteiger partial charge in [0.25, 0.3) is 0 Å². The van der Waals surface area contributed by atoms with Crippen LogP contribution in [0.2, 0.25) is 0 Å². The Morgan fingerprint density at radius 1 is 1.09 bits per heavy atom. The Kier molecular flexibility index (Phi) is 8.28. The zero-order valence-corrected chi connectivity index (χ0v) is 19.6. The highest BCUT2D eigenvalue weighted by atomic mass is 16.5. The third-order valence-corrected chi connectivity index (χ3v) is 5.55. The lowest BCUT2D eigenvalue weighted by atomic mass is 10.0. The smallest absolute Gasteiger partial charge is 0.246 e. The van der Waals surface area contributed by atoms with Crippen molar-refractivity contribution in [3.63, 3.8) is 0 Å². The molecule has 0 aromatic heterocycles. The lowest BCUT2D eigenvalue weighted by Gasteiger charge is -2.34. The second-order valence-corrected chi connectivity index (χ2v) is 9.21. The molecule has 2 amide bonds. The normalized spacial score (nSPS) is 16.8. The van der Waals surface area contributed by atoms with E-state index in [0.29, 0.717) is 32.5 Å². The maximum Gasteiger partial charge on any atom is 0.246 e. The number of rotatable bonds is 8. The van der Waals surface area contributed by atoms with Gasteiger partial charge in [-0.1, -0.05) is 62.4 Å².